The quantitative estimate of drug-likeness (QED) is 0.566. The number of hydrogen-bond acceptors (Lipinski definition) is 4. The van der Waals surface area contributed by atoms with Crippen LogP contribution < -0.4 is 10.6 Å². The molecule has 0 aromatic heterocycles. The van der Waals surface area contributed by atoms with Gasteiger partial charge in [0.15, 0.2) is 0 Å². The summed E-state index contributed by atoms with van der Waals surface area (Å²) in [7, 11) is 0. The van der Waals surface area contributed by atoms with Gasteiger partial charge in [-0.25, -0.2) is 4.79 Å². The van der Waals surface area contributed by atoms with Crippen LogP contribution in [0.3, 0.4) is 0 Å². The molecule has 31 heavy (non-hydrogen) atoms. The summed E-state index contributed by atoms with van der Waals surface area (Å²) >= 11 is 0. The van der Waals surface area contributed by atoms with E-state index < -0.39 is 18.0 Å². The lowest BCUT2D eigenvalue weighted by atomic mass is 10.1. The van der Waals surface area contributed by atoms with Gasteiger partial charge in [0.05, 0.1) is 5.56 Å². The van der Waals surface area contributed by atoms with Crippen molar-refractivity contribution in [2.75, 3.05) is 10.6 Å². The summed E-state index contributed by atoms with van der Waals surface area (Å²) in [6.07, 6.45) is -1.12. The summed E-state index contributed by atoms with van der Waals surface area (Å²) in [5, 5.41) is 5.51. The van der Waals surface area contributed by atoms with Gasteiger partial charge < -0.3 is 15.4 Å². The topological polar surface area (TPSA) is 84.5 Å². The number of ether oxygens (including phenoxy) is 1. The van der Waals surface area contributed by atoms with Crippen molar-refractivity contribution in [2.45, 2.75) is 26.9 Å². The van der Waals surface area contributed by atoms with E-state index in [-0.39, 0.29) is 11.5 Å². The summed E-state index contributed by atoms with van der Waals surface area (Å²) in [4.78, 5) is 37.0. The molecular formula is C25H24N2O4. The minimum absolute atomic E-state index is 0.206. The molecule has 6 nitrogen and oxygen atoms in total. The zero-order valence-electron chi connectivity index (χ0n) is 17.6. The van der Waals surface area contributed by atoms with Gasteiger partial charge in [0.1, 0.15) is 0 Å². The van der Waals surface area contributed by atoms with Crippen molar-refractivity contribution < 1.29 is 19.1 Å². The maximum Gasteiger partial charge on any atom is 0.339 e. The highest BCUT2D eigenvalue weighted by atomic mass is 16.5. The van der Waals surface area contributed by atoms with Gasteiger partial charge in [-0.3, -0.25) is 9.59 Å². The first-order valence-corrected chi connectivity index (χ1v) is 9.85. The zero-order chi connectivity index (χ0) is 22.4. The van der Waals surface area contributed by atoms with Gasteiger partial charge in [-0.15, -0.1) is 0 Å². The van der Waals surface area contributed by atoms with Crippen molar-refractivity contribution >= 4 is 29.2 Å². The highest BCUT2D eigenvalue weighted by molar-refractivity contribution is 5.99. The van der Waals surface area contributed by atoms with Gasteiger partial charge >= 0.3 is 5.97 Å². The fraction of sp³-hybridized carbons (Fsp3) is 0.160. The molecule has 2 amide bonds. The average Bonchev–Trinajstić information content (AvgIpc) is 2.75. The smallest absolute Gasteiger partial charge is 0.339 e. The van der Waals surface area contributed by atoms with Crippen LogP contribution in [-0.2, 0) is 14.3 Å². The highest BCUT2D eigenvalue weighted by Gasteiger charge is 2.26. The molecular weight excluding hydrogens is 392 g/mol. The molecule has 0 saturated carbocycles. The third-order valence-corrected chi connectivity index (χ3v) is 4.66. The van der Waals surface area contributed by atoms with E-state index >= 15 is 0 Å². The second-order valence-corrected chi connectivity index (χ2v) is 7.26. The van der Waals surface area contributed by atoms with Crippen molar-refractivity contribution in [3.8, 4) is 0 Å². The predicted molar refractivity (Wildman–Crippen MR) is 120 cm³/mol. The molecule has 158 valence electrons. The number of aryl methyl sites for hydroxylation is 2. The Morgan fingerprint density at radius 2 is 1.52 bits per heavy atom. The van der Waals surface area contributed by atoms with E-state index in [2.05, 4.69) is 10.6 Å². The van der Waals surface area contributed by atoms with E-state index in [1.807, 2.05) is 38.1 Å². The zero-order valence-corrected chi connectivity index (χ0v) is 17.6. The Hall–Kier alpha value is -3.93. The molecule has 0 fully saturated rings. The first-order chi connectivity index (χ1) is 14.8. The van der Waals surface area contributed by atoms with Crippen molar-refractivity contribution in [3.63, 3.8) is 0 Å². The van der Waals surface area contributed by atoms with Gasteiger partial charge in [0, 0.05) is 23.9 Å². The van der Waals surface area contributed by atoms with Gasteiger partial charge in [-0.2, -0.15) is 0 Å². The van der Waals surface area contributed by atoms with Crippen molar-refractivity contribution in [1.82, 2.24) is 0 Å². The molecule has 0 spiro atoms. The molecule has 0 aliphatic carbocycles. The number of carbonyl (C=O) groups excluding carboxylic acids is 3. The molecule has 0 heterocycles. The second-order valence-electron chi connectivity index (χ2n) is 7.26. The fourth-order valence-corrected chi connectivity index (χ4v) is 3.04. The SMILES string of the molecule is CC(=O)Nc1ccc(C(=O)O[C@@H](C(=O)Nc2cc(C)ccc2C)c2ccccc2)cc1. The van der Waals surface area contributed by atoms with Crippen LogP contribution in [0, 0.1) is 13.8 Å². The predicted octanol–water partition coefficient (Wildman–Crippen LogP) is 4.80. The maximum atomic E-state index is 13.1. The Balaban J connectivity index is 1.82. The second kappa shape index (κ2) is 9.71. The standard InChI is InChI=1S/C25H24N2O4/c1-16-9-10-17(2)22(15-16)27-24(29)23(19-7-5-4-6-8-19)31-25(30)20-11-13-21(14-12-20)26-18(3)28/h4-15,23H,1-3H3,(H,26,28)(H,27,29)/t23-/m1/s1. The normalized spacial score (nSPS) is 11.3. The van der Waals surface area contributed by atoms with Crippen LogP contribution in [0.15, 0.2) is 72.8 Å². The first kappa shape index (κ1) is 21.8. The highest BCUT2D eigenvalue weighted by Crippen LogP contribution is 2.24. The molecule has 0 radical (unpaired) electrons. The molecule has 2 N–H and O–H groups in total. The number of rotatable bonds is 6. The molecule has 3 aromatic rings. The van der Waals surface area contributed by atoms with Crippen LogP contribution in [0.4, 0.5) is 11.4 Å². The Labute approximate surface area is 181 Å². The van der Waals surface area contributed by atoms with Gasteiger partial charge in [0.25, 0.3) is 5.91 Å². The molecule has 0 unspecified atom stereocenters. The number of nitrogens with one attached hydrogen (secondary N) is 2. The molecule has 0 saturated heterocycles. The van der Waals surface area contributed by atoms with E-state index in [1.165, 1.54) is 19.1 Å². The number of amides is 2. The van der Waals surface area contributed by atoms with Crippen LogP contribution in [0.25, 0.3) is 0 Å². The molecule has 0 aliphatic heterocycles. The van der Waals surface area contributed by atoms with Crippen LogP contribution in [-0.4, -0.2) is 17.8 Å². The van der Waals surface area contributed by atoms with E-state index in [9.17, 15) is 14.4 Å². The summed E-state index contributed by atoms with van der Waals surface area (Å²) in [5.41, 5.74) is 3.99. The molecule has 0 aliphatic rings. The Morgan fingerprint density at radius 3 is 2.16 bits per heavy atom. The van der Waals surface area contributed by atoms with Crippen molar-refractivity contribution in [3.05, 3.63) is 95.1 Å². The fourth-order valence-electron chi connectivity index (χ4n) is 3.04. The molecule has 3 rings (SSSR count). The van der Waals surface area contributed by atoms with E-state index in [0.29, 0.717) is 16.9 Å². The number of hydrogen-bond donors (Lipinski definition) is 2. The van der Waals surface area contributed by atoms with E-state index in [1.54, 1.807) is 36.4 Å². The van der Waals surface area contributed by atoms with Crippen molar-refractivity contribution in [1.29, 1.82) is 0 Å². The van der Waals surface area contributed by atoms with Crippen LogP contribution in [0.1, 0.15) is 40.1 Å². The number of carbonyl (C=O) groups is 3. The molecule has 6 heteroatoms. The number of esters is 1. The molecule has 3 aromatic carbocycles. The average molecular weight is 416 g/mol. The van der Waals surface area contributed by atoms with E-state index in [4.69, 9.17) is 4.74 Å². The summed E-state index contributed by atoms with van der Waals surface area (Å²) in [5.74, 6) is -1.29. The Morgan fingerprint density at radius 1 is 0.839 bits per heavy atom. The number of benzene rings is 3. The first-order valence-electron chi connectivity index (χ1n) is 9.85. The third kappa shape index (κ3) is 5.79. The van der Waals surface area contributed by atoms with Crippen molar-refractivity contribution in [2.24, 2.45) is 0 Å². The minimum atomic E-state index is -1.12. The number of anilines is 2. The lowest BCUT2D eigenvalue weighted by molar-refractivity contribution is -0.125. The van der Waals surface area contributed by atoms with Crippen LogP contribution in [0.5, 0.6) is 0 Å². The Kier molecular flexibility index (Phi) is 6.82. The van der Waals surface area contributed by atoms with E-state index in [0.717, 1.165) is 11.1 Å². The lowest BCUT2D eigenvalue weighted by Gasteiger charge is -2.19. The van der Waals surface area contributed by atoms with Gasteiger partial charge in [-0.05, 0) is 55.3 Å². The van der Waals surface area contributed by atoms with Gasteiger partial charge in [0.2, 0.25) is 12.0 Å². The van der Waals surface area contributed by atoms with Crippen LogP contribution in [0.2, 0.25) is 0 Å². The molecule has 0 bridgehead atoms. The largest absolute Gasteiger partial charge is 0.444 e. The maximum absolute atomic E-state index is 13.1. The molecule has 1 atom stereocenters. The monoisotopic (exact) mass is 416 g/mol. The van der Waals surface area contributed by atoms with Gasteiger partial charge in [-0.1, -0.05) is 42.5 Å². The van der Waals surface area contributed by atoms with Crippen LogP contribution >= 0.6 is 0 Å². The summed E-state index contributed by atoms with van der Waals surface area (Å²) in [6, 6.07) is 20.9. The summed E-state index contributed by atoms with van der Waals surface area (Å²) in [6.45, 7) is 5.24. The minimum Gasteiger partial charge on any atom is -0.444 e. The third-order valence-electron chi connectivity index (χ3n) is 4.66. The Bertz CT molecular complexity index is 1090. The summed E-state index contributed by atoms with van der Waals surface area (Å²) < 4.78 is 5.61. The lowest BCUT2D eigenvalue weighted by Crippen LogP contribution is -2.26.